The highest BCUT2D eigenvalue weighted by molar-refractivity contribution is 5.87. The van der Waals surface area contributed by atoms with Gasteiger partial charge in [-0.15, -0.1) is 0 Å². The van der Waals surface area contributed by atoms with E-state index in [1.165, 1.54) is 17.2 Å². The normalized spacial score (nSPS) is 20.0. The van der Waals surface area contributed by atoms with Crippen LogP contribution in [0.5, 0.6) is 0 Å². The number of aromatic nitrogens is 2. The van der Waals surface area contributed by atoms with Gasteiger partial charge in [0, 0.05) is 57.0 Å². The molecular weight excluding hydrogens is 525 g/mol. The van der Waals surface area contributed by atoms with Crippen LogP contribution in [0, 0.1) is 5.82 Å². The van der Waals surface area contributed by atoms with Gasteiger partial charge in [0.1, 0.15) is 5.60 Å². The lowest BCUT2D eigenvalue weighted by atomic mass is 10.0. The van der Waals surface area contributed by atoms with Crippen LogP contribution in [0.3, 0.4) is 0 Å². The Morgan fingerprint density at radius 2 is 1.85 bits per heavy atom. The Morgan fingerprint density at radius 3 is 2.59 bits per heavy atom. The minimum absolute atomic E-state index is 0.105. The molecule has 5 rings (SSSR count). The molecule has 0 unspecified atom stereocenters. The van der Waals surface area contributed by atoms with Gasteiger partial charge >= 0.3 is 6.09 Å². The van der Waals surface area contributed by atoms with E-state index < -0.39 is 11.4 Å². The van der Waals surface area contributed by atoms with Gasteiger partial charge in [-0.25, -0.2) is 14.2 Å². The second kappa shape index (κ2) is 12.0. The van der Waals surface area contributed by atoms with Crippen molar-refractivity contribution in [3.05, 3.63) is 54.0 Å². The number of carbonyl (C=O) groups is 2. The minimum atomic E-state index is -0.537. The highest BCUT2D eigenvalue weighted by Gasteiger charge is 2.32. The molecule has 4 heterocycles. The number of ether oxygens (including phenoxy) is 1. The number of nitrogens with one attached hydrogen (secondary N) is 2. The molecule has 0 bridgehead atoms. The van der Waals surface area contributed by atoms with Gasteiger partial charge in [0.2, 0.25) is 11.9 Å². The molecule has 0 spiro atoms. The Hall–Kier alpha value is -3.73. The molecule has 10 nitrogen and oxygen atoms in total. The number of hydrogen-bond donors (Lipinski definition) is 2. The van der Waals surface area contributed by atoms with Gasteiger partial charge in [-0.3, -0.25) is 9.69 Å². The molecular formula is C30H40FN7O3. The SMILES string of the molecule is C=CC(=O)N1CCC[C@@H](Nc2nc(Nc3ccc4c(c3)CN(C3CCN(C(=O)OC(C)(C)C)CC3)C4)ncc2F)C1. The lowest BCUT2D eigenvalue weighted by Crippen LogP contribution is -2.46. The summed E-state index contributed by atoms with van der Waals surface area (Å²) in [6.07, 6.45) is 5.70. The van der Waals surface area contributed by atoms with E-state index in [2.05, 4.69) is 44.2 Å². The van der Waals surface area contributed by atoms with Crippen LogP contribution in [-0.4, -0.2) is 80.5 Å². The summed E-state index contributed by atoms with van der Waals surface area (Å²) in [7, 11) is 0. The van der Waals surface area contributed by atoms with E-state index in [0.717, 1.165) is 50.7 Å². The Labute approximate surface area is 241 Å². The summed E-state index contributed by atoms with van der Waals surface area (Å²) in [6, 6.07) is 6.51. The smallest absolute Gasteiger partial charge is 0.410 e. The zero-order valence-corrected chi connectivity index (χ0v) is 24.2. The van der Waals surface area contributed by atoms with Crippen LogP contribution in [0.4, 0.5) is 26.6 Å². The first-order valence-electron chi connectivity index (χ1n) is 14.4. The van der Waals surface area contributed by atoms with Gasteiger partial charge < -0.3 is 25.2 Å². The topological polar surface area (TPSA) is 103 Å². The summed E-state index contributed by atoms with van der Waals surface area (Å²) >= 11 is 0. The molecule has 1 aromatic carbocycles. The van der Waals surface area contributed by atoms with E-state index in [9.17, 15) is 14.0 Å². The zero-order chi connectivity index (χ0) is 29.1. The summed E-state index contributed by atoms with van der Waals surface area (Å²) < 4.78 is 20.1. The molecule has 2 amide bonds. The van der Waals surface area contributed by atoms with E-state index >= 15 is 0 Å². The molecule has 3 aliphatic heterocycles. The monoisotopic (exact) mass is 565 g/mol. The van der Waals surface area contributed by atoms with Crippen molar-refractivity contribution in [3.8, 4) is 0 Å². The Balaban J connectivity index is 1.17. The van der Waals surface area contributed by atoms with Crippen molar-refractivity contribution in [2.24, 2.45) is 0 Å². The third-order valence-corrected chi connectivity index (χ3v) is 7.83. The molecule has 220 valence electrons. The summed E-state index contributed by atoms with van der Waals surface area (Å²) in [5.41, 5.74) is 2.86. The summed E-state index contributed by atoms with van der Waals surface area (Å²) in [4.78, 5) is 39.0. The predicted molar refractivity (Wildman–Crippen MR) is 155 cm³/mol. The van der Waals surface area contributed by atoms with Crippen LogP contribution in [0.2, 0.25) is 0 Å². The highest BCUT2D eigenvalue weighted by atomic mass is 19.1. The quantitative estimate of drug-likeness (QED) is 0.488. The van der Waals surface area contributed by atoms with Crippen LogP contribution >= 0.6 is 0 Å². The number of fused-ring (bicyclic) bond motifs is 1. The first-order valence-corrected chi connectivity index (χ1v) is 14.4. The van der Waals surface area contributed by atoms with Crippen LogP contribution in [0.1, 0.15) is 57.6 Å². The van der Waals surface area contributed by atoms with Crippen molar-refractivity contribution in [1.29, 1.82) is 0 Å². The Kier molecular flexibility index (Phi) is 8.44. The molecule has 2 fully saturated rings. The molecule has 11 heteroatoms. The van der Waals surface area contributed by atoms with Crippen molar-refractivity contribution in [1.82, 2.24) is 24.7 Å². The molecule has 2 N–H and O–H groups in total. The number of benzene rings is 1. The Bertz CT molecular complexity index is 1290. The number of halogens is 1. The second-order valence-corrected chi connectivity index (χ2v) is 12.1. The van der Waals surface area contributed by atoms with Crippen LogP contribution in [-0.2, 0) is 22.6 Å². The van der Waals surface area contributed by atoms with Gasteiger partial charge in [0.25, 0.3) is 0 Å². The predicted octanol–water partition coefficient (Wildman–Crippen LogP) is 4.66. The molecule has 1 aromatic heterocycles. The van der Waals surface area contributed by atoms with Crippen LogP contribution < -0.4 is 10.6 Å². The molecule has 2 aromatic rings. The number of amides is 2. The van der Waals surface area contributed by atoms with Gasteiger partial charge in [0.15, 0.2) is 11.6 Å². The highest BCUT2D eigenvalue weighted by Crippen LogP contribution is 2.31. The lowest BCUT2D eigenvalue weighted by Gasteiger charge is -2.37. The fourth-order valence-corrected chi connectivity index (χ4v) is 5.77. The maximum absolute atomic E-state index is 14.6. The van der Waals surface area contributed by atoms with Crippen LogP contribution in [0.15, 0.2) is 37.1 Å². The molecule has 3 aliphatic rings. The minimum Gasteiger partial charge on any atom is -0.444 e. The Morgan fingerprint density at radius 1 is 1.10 bits per heavy atom. The molecule has 0 radical (unpaired) electrons. The molecule has 41 heavy (non-hydrogen) atoms. The van der Waals surface area contributed by atoms with Crippen LogP contribution in [0.25, 0.3) is 0 Å². The van der Waals surface area contributed by atoms with E-state index in [1.807, 2.05) is 31.7 Å². The standard InChI is InChI=1S/C30H40FN7O3/c1-5-26(39)37-12-6-7-23(19-37)33-27-25(31)16-32-28(35-27)34-22-9-8-20-17-38(18-21(20)15-22)24-10-13-36(14-11-24)29(40)41-30(2,3)4/h5,8-9,15-16,23-24H,1,6-7,10-14,17-19H2,2-4H3,(H2,32,33,34,35)/t23-/m1/s1. The fourth-order valence-electron chi connectivity index (χ4n) is 5.77. The van der Waals surface area contributed by atoms with E-state index in [4.69, 9.17) is 4.74 Å². The molecule has 0 saturated carbocycles. The van der Waals surface area contributed by atoms with Crippen molar-refractivity contribution in [3.63, 3.8) is 0 Å². The molecule has 0 aliphatic carbocycles. The maximum Gasteiger partial charge on any atom is 0.410 e. The average Bonchev–Trinajstić information content (AvgIpc) is 3.37. The fraction of sp³-hybridized carbons (Fsp3) is 0.533. The van der Waals surface area contributed by atoms with Crippen molar-refractivity contribution >= 4 is 29.5 Å². The van der Waals surface area contributed by atoms with Crippen molar-refractivity contribution in [2.45, 2.75) is 77.2 Å². The van der Waals surface area contributed by atoms with E-state index in [-0.39, 0.29) is 23.9 Å². The van der Waals surface area contributed by atoms with E-state index in [1.54, 1.807) is 4.90 Å². The summed E-state index contributed by atoms with van der Waals surface area (Å²) in [6.45, 7) is 13.5. The number of piperidine rings is 2. The molecule has 2 saturated heterocycles. The number of anilines is 3. The van der Waals surface area contributed by atoms with Crippen molar-refractivity contribution in [2.75, 3.05) is 36.8 Å². The van der Waals surface area contributed by atoms with E-state index in [0.29, 0.717) is 38.2 Å². The number of nitrogens with zero attached hydrogens (tertiary/aromatic N) is 5. The van der Waals surface area contributed by atoms with Crippen molar-refractivity contribution < 1.29 is 18.7 Å². The van der Waals surface area contributed by atoms with Gasteiger partial charge in [-0.1, -0.05) is 12.6 Å². The second-order valence-electron chi connectivity index (χ2n) is 12.1. The lowest BCUT2D eigenvalue weighted by molar-refractivity contribution is -0.127. The number of rotatable bonds is 6. The summed E-state index contributed by atoms with van der Waals surface area (Å²) in [5.74, 6) is -0.244. The number of likely N-dealkylation sites (tertiary alicyclic amines) is 2. The first kappa shape index (κ1) is 28.8. The third kappa shape index (κ3) is 7.13. The summed E-state index contributed by atoms with van der Waals surface area (Å²) in [5, 5.41) is 6.38. The van der Waals surface area contributed by atoms with Gasteiger partial charge in [-0.2, -0.15) is 4.98 Å². The van der Waals surface area contributed by atoms with Gasteiger partial charge in [-0.05, 0) is 75.8 Å². The first-order chi connectivity index (χ1) is 19.6. The third-order valence-electron chi connectivity index (χ3n) is 7.83. The maximum atomic E-state index is 14.6. The number of carbonyl (C=O) groups excluding carboxylic acids is 2. The largest absolute Gasteiger partial charge is 0.444 e. The zero-order valence-electron chi connectivity index (χ0n) is 24.2. The average molecular weight is 566 g/mol. The number of hydrogen-bond acceptors (Lipinski definition) is 8. The molecule has 1 atom stereocenters. The van der Waals surface area contributed by atoms with Gasteiger partial charge in [0.05, 0.1) is 6.20 Å².